The molecule has 3 N–H and O–H groups in total. The molecule has 0 atom stereocenters. The first-order valence-electron chi connectivity index (χ1n) is 11.7. The second kappa shape index (κ2) is 8.64. The van der Waals surface area contributed by atoms with E-state index in [1.165, 1.54) is 12.8 Å². The molecular weight excluding hydrogens is 442 g/mol. The van der Waals surface area contributed by atoms with E-state index in [9.17, 15) is 13.2 Å². The molecule has 1 saturated heterocycles. The number of aliphatic hydroxyl groups excluding tert-OH is 1. The third kappa shape index (κ3) is 4.72. The van der Waals surface area contributed by atoms with Crippen LogP contribution in [0.4, 0.5) is 17.2 Å². The normalized spacial score (nSPS) is 19.2. The van der Waals surface area contributed by atoms with Gasteiger partial charge < -0.3 is 19.9 Å². The van der Waals surface area contributed by atoms with E-state index in [0.29, 0.717) is 22.5 Å². The zero-order valence-electron chi connectivity index (χ0n) is 18.7. The van der Waals surface area contributed by atoms with Crippen molar-refractivity contribution >= 4 is 33.1 Å². The molecule has 178 valence electrons. The molecule has 2 aliphatic heterocycles. The summed E-state index contributed by atoms with van der Waals surface area (Å²) >= 11 is 0. The molecule has 10 heteroatoms. The maximum Gasteiger partial charge on any atom is 0.258 e. The summed E-state index contributed by atoms with van der Waals surface area (Å²) in [5.74, 6) is 1.10. The molecule has 3 heterocycles. The Morgan fingerprint density at radius 3 is 2.64 bits per heavy atom. The highest BCUT2D eigenvalue weighted by Gasteiger charge is 2.44. The van der Waals surface area contributed by atoms with Crippen molar-refractivity contribution in [3.63, 3.8) is 0 Å². The molecule has 1 spiro atoms. The minimum Gasteiger partial charge on any atom is -0.395 e. The number of aromatic nitrogens is 2. The van der Waals surface area contributed by atoms with Gasteiger partial charge in [0.2, 0.25) is 10.0 Å². The minimum atomic E-state index is -3.66. The lowest BCUT2D eigenvalue weighted by molar-refractivity contribution is 0.102. The van der Waals surface area contributed by atoms with E-state index in [2.05, 4.69) is 24.5 Å². The van der Waals surface area contributed by atoms with Gasteiger partial charge in [-0.1, -0.05) is 0 Å². The lowest BCUT2D eigenvalue weighted by Gasteiger charge is -2.35. The monoisotopic (exact) mass is 473 g/mol. The second-order valence-electron chi connectivity index (χ2n) is 9.49. The number of aryl methyl sites for hydroxylation is 1. The number of amides is 1. The Bertz CT molecular complexity index is 1150. The van der Waals surface area contributed by atoms with Crippen LogP contribution >= 0.6 is 0 Å². The van der Waals surface area contributed by atoms with E-state index in [0.717, 1.165) is 63.3 Å². The number of fused-ring (bicyclic) bond motifs is 1. The number of hydrogen-bond donors (Lipinski definition) is 3. The second-order valence-corrected chi connectivity index (χ2v) is 11.3. The third-order valence-corrected chi connectivity index (χ3v) is 8.48. The molecule has 1 aliphatic carbocycles. The first kappa shape index (κ1) is 22.2. The lowest BCUT2D eigenvalue weighted by Crippen LogP contribution is -2.36. The predicted octanol–water partition coefficient (Wildman–Crippen LogP) is 2.59. The fourth-order valence-corrected chi connectivity index (χ4v) is 5.83. The lowest BCUT2D eigenvalue weighted by atomic mass is 9.93. The van der Waals surface area contributed by atoms with Gasteiger partial charge in [-0.05, 0) is 62.1 Å². The van der Waals surface area contributed by atoms with Gasteiger partial charge in [-0.3, -0.25) is 9.52 Å². The van der Waals surface area contributed by atoms with Gasteiger partial charge in [-0.15, -0.1) is 0 Å². The molecule has 33 heavy (non-hydrogen) atoms. The third-order valence-electron chi connectivity index (χ3n) is 7.21. The van der Waals surface area contributed by atoms with Crippen LogP contribution in [-0.4, -0.2) is 54.4 Å². The number of rotatable bonds is 7. The summed E-state index contributed by atoms with van der Waals surface area (Å²) in [6.45, 7) is 2.08. The molecule has 0 unspecified atom stereocenters. The van der Waals surface area contributed by atoms with Gasteiger partial charge >= 0.3 is 0 Å². The van der Waals surface area contributed by atoms with Gasteiger partial charge in [0.05, 0.1) is 35.5 Å². The van der Waals surface area contributed by atoms with E-state index < -0.39 is 16.6 Å². The van der Waals surface area contributed by atoms with Crippen LogP contribution in [0, 0.1) is 5.41 Å². The number of benzene rings is 1. The number of imidazole rings is 1. The molecule has 0 bridgehead atoms. The molecule has 9 nitrogen and oxygen atoms in total. The molecule has 5 rings (SSSR count). The average molecular weight is 474 g/mol. The maximum absolute atomic E-state index is 13.3. The van der Waals surface area contributed by atoms with Gasteiger partial charge in [0.15, 0.2) is 0 Å². The van der Waals surface area contributed by atoms with Crippen molar-refractivity contribution < 1.29 is 18.3 Å². The number of carbonyl (C=O) groups is 1. The van der Waals surface area contributed by atoms with Crippen LogP contribution in [0.1, 0.15) is 54.7 Å². The van der Waals surface area contributed by atoms with Crippen LogP contribution in [0.25, 0.3) is 0 Å². The van der Waals surface area contributed by atoms with Crippen molar-refractivity contribution in [2.75, 3.05) is 40.4 Å². The van der Waals surface area contributed by atoms with E-state index in [1.807, 2.05) is 0 Å². The van der Waals surface area contributed by atoms with E-state index in [1.54, 1.807) is 24.4 Å². The number of anilines is 3. The Balaban J connectivity index is 1.42. The number of piperidine rings is 1. The highest BCUT2D eigenvalue weighted by atomic mass is 32.2. The highest BCUT2D eigenvalue weighted by molar-refractivity contribution is 7.92. The predicted molar refractivity (Wildman–Crippen MR) is 127 cm³/mol. The minimum absolute atomic E-state index is 0.227. The Morgan fingerprint density at radius 2 is 1.91 bits per heavy atom. The average Bonchev–Trinajstić information content (AvgIpc) is 3.43. The molecule has 1 saturated carbocycles. The molecule has 0 radical (unpaired) electrons. The van der Waals surface area contributed by atoms with Crippen molar-refractivity contribution in [3.05, 3.63) is 35.8 Å². The fraction of sp³-hybridized carbons (Fsp3) is 0.565. The summed E-state index contributed by atoms with van der Waals surface area (Å²) in [6, 6.07) is 5.02. The first-order valence-corrected chi connectivity index (χ1v) is 13.4. The topological polar surface area (TPSA) is 117 Å². The molecule has 1 aromatic carbocycles. The van der Waals surface area contributed by atoms with Crippen molar-refractivity contribution in [2.24, 2.45) is 5.41 Å². The van der Waals surface area contributed by atoms with E-state index in [-0.39, 0.29) is 11.7 Å². The van der Waals surface area contributed by atoms with E-state index >= 15 is 0 Å². The van der Waals surface area contributed by atoms with Crippen LogP contribution < -0.4 is 14.9 Å². The number of nitrogens with one attached hydrogen (secondary N) is 2. The Morgan fingerprint density at radius 1 is 1.12 bits per heavy atom. The fourth-order valence-electron chi connectivity index (χ4n) is 5.00. The summed E-state index contributed by atoms with van der Waals surface area (Å²) in [5, 5.41) is 12.1. The quantitative estimate of drug-likeness (QED) is 0.569. The van der Waals surface area contributed by atoms with E-state index in [4.69, 9.17) is 5.11 Å². The highest BCUT2D eigenvalue weighted by Crippen LogP contribution is 2.54. The van der Waals surface area contributed by atoms with Crippen molar-refractivity contribution in [2.45, 2.75) is 51.5 Å². The molecule has 2 aromatic rings. The van der Waals surface area contributed by atoms with Crippen molar-refractivity contribution in [1.82, 2.24) is 9.55 Å². The van der Waals surface area contributed by atoms with Crippen LogP contribution in [0.15, 0.2) is 24.4 Å². The van der Waals surface area contributed by atoms with Crippen LogP contribution in [0.2, 0.25) is 0 Å². The van der Waals surface area contributed by atoms with Gasteiger partial charge in [-0.2, -0.15) is 0 Å². The standard InChI is InChI=1S/C23H31N5O4S/c29-13-14-33(31,32)26-17-4-5-18(19(15-17)27-11-8-23(6-7-23)9-12-27)22(30)25-21-16-24-20-3-1-2-10-28(20)21/h4-5,15-16,26,29H,1-3,6-14H2,(H,25,30). The van der Waals surface area contributed by atoms with Crippen LogP contribution in [0.3, 0.4) is 0 Å². The molecule has 1 aromatic heterocycles. The smallest absolute Gasteiger partial charge is 0.258 e. The van der Waals surface area contributed by atoms with Gasteiger partial charge in [-0.25, -0.2) is 13.4 Å². The van der Waals surface area contributed by atoms with Gasteiger partial charge in [0.25, 0.3) is 5.91 Å². The number of hydrogen-bond acceptors (Lipinski definition) is 6. The SMILES string of the molecule is O=C(Nc1cnc2n1CCCC2)c1ccc(NS(=O)(=O)CCO)cc1N1CCC2(CC1)CC2. The summed E-state index contributed by atoms with van der Waals surface area (Å²) in [4.78, 5) is 20.0. The number of sulfonamides is 1. The number of nitrogens with zero attached hydrogens (tertiary/aromatic N) is 3. The Labute approximate surface area is 194 Å². The summed E-state index contributed by atoms with van der Waals surface area (Å²) in [7, 11) is -3.66. The number of aliphatic hydroxyl groups is 1. The largest absolute Gasteiger partial charge is 0.395 e. The summed E-state index contributed by atoms with van der Waals surface area (Å²) in [5.41, 5.74) is 2.11. The maximum atomic E-state index is 13.3. The first-order chi connectivity index (χ1) is 15.9. The summed E-state index contributed by atoms with van der Waals surface area (Å²) < 4.78 is 28.9. The zero-order chi connectivity index (χ0) is 23.1. The molecule has 3 aliphatic rings. The van der Waals surface area contributed by atoms with Crippen molar-refractivity contribution in [3.8, 4) is 0 Å². The summed E-state index contributed by atoms with van der Waals surface area (Å²) in [6.07, 6.45) is 9.54. The Hall–Kier alpha value is -2.59. The Kier molecular flexibility index (Phi) is 5.82. The van der Waals surface area contributed by atoms with Crippen LogP contribution in [0.5, 0.6) is 0 Å². The zero-order valence-corrected chi connectivity index (χ0v) is 19.5. The molecule has 1 amide bonds. The molecule has 2 fully saturated rings. The number of carbonyl (C=O) groups excluding carboxylic acids is 1. The van der Waals surface area contributed by atoms with Crippen LogP contribution in [-0.2, 0) is 23.0 Å². The molecular formula is C23H31N5O4S. The van der Waals surface area contributed by atoms with Crippen molar-refractivity contribution in [1.29, 1.82) is 0 Å². The van der Waals surface area contributed by atoms with Gasteiger partial charge in [0, 0.05) is 26.1 Å². The van der Waals surface area contributed by atoms with Gasteiger partial charge in [0.1, 0.15) is 11.6 Å².